The summed E-state index contributed by atoms with van der Waals surface area (Å²) in [6, 6.07) is 1.55. The molecule has 5 fully saturated rings. The molecule has 5 aliphatic rings. The predicted octanol–water partition coefficient (Wildman–Crippen LogP) is 9.89. The van der Waals surface area contributed by atoms with Crippen LogP contribution in [0.4, 0.5) is 8.78 Å². The van der Waals surface area contributed by atoms with Gasteiger partial charge in [-0.3, -0.25) is 5.43 Å². The van der Waals surface area contributed by atoms with E-state index in [9.17, 15) is 13.9 Å². The Morgan fingerprint density at radius 1 is 0.896 bits per heavy atom. The summed E-state index contributed by atoms with van der Waals surface area (Å²) >= 11 is 0. The molecule has 0 spiro atoms. The number of aliphatic hydroxyl groups is 2. The first-order valence-electron chi connectivity index (χ1n) is 20.4. The molecule has 3 aliphatic carbocycles. The SMILES string of the molecule is CC.CC.CC/C=C(/C1CCC(C(F)(F)P)C(C)C1CC)N1CCC2C(C(CCC)NN2C2CCC(C3CCC3)CC2O)C1CC.CO. The monoisotopic (exact) mass is 702 g/mol. The third-order valence-electron chi connectivity index (χ3n) is 12.8. The van der Waals surface area contributed by atoms with Crippen molar-refractivity contribution in [1.29, 1.82) is 0 Å². The van der Waals surface area contributed by atoms with Gasteiger partial charge >= 0.3 is 0 Å². The molecule has 0 amide bonds. The zero-order valence-electron chi connectivity index (χ0n) is 32.7. The van der Waals surface area contributed by atoms with Crippen molar-refractivity contribution in [3.8, 4) is 0 Å². The van der Waals surface area contributed by atoms with Gasteiger partial charge in [-0.15, -0.1) is 0 Å². The van der Waals surface area contributed by atoms with Crippen LogP contribution in [0.5, 0.6) is 0 Å². The van der Waals surface area contributed by atoms with Crippen LogP contribution in [-0.4, -0.2) is 69.7 Å². The predicted molar refractivity (Wildman–Crippen MR) is 204 cm³/mol. The third-order valence-corrected chi connectivity index (χ3v) is 13.2. The van der Waals surface area contributed by atoms with Crippen molar-refractivity contribution in [1.82, 2.24) is 15.3 Å². The number of likely N-dealkylation sites (tertiary alicyclic amines) is 1. The summed E-state index contributed by atoms with van der Waals surface area (Å²) in [7, 11) is 2.86. The zero-order chi connectivity index (χ0) is 36.2. The lowest BCUT2D eigenvalue weighted by Crippen LogP contribution is -2.58. The molecule has 5 rings (SSSR count). The van der Waals surface area contributed by atoms with Crippen molar-refractivity contribution in [3.05, 3.63) is 11.8 Å². The first-order chi connectivity index (χ1) is 23.1. The number of rotatable bonds is 10. The lowest BCUT2D eigenvalue weighted by molar-refractivity contribution is -0.0577. The van der Waals surface area contributed by atoms with Gasteiger partial charge < -0.3 is 15.1 Å². The molecular formula is C40H78F2N3O2P. The standard InChI is InChI=1S/C35H62F2N3OP.2C2H6.CH4O/c1-6-11-28-34-29(9-4)39(30(12-7-2)26-16-17-27(35(36,37)42)22(5)25(26)8-3)20-19-32(34)40(38-28)31-18-15-24(21-33(31)41)23-13-10-14-23;3*1-2/h12,22-29,31-34,38,41H,6-11,13-21,42H2,1-5H3;2*1-2H3;2H,1H3/b30-12-;;;. The molecule has 0 aromatic heterocycles. The number of nitrogens with zero attached hydrogens (tertiary/aromatic N) is 2. The van der Waals surface area contributed by atoms with E-state index in [0.29, 0.717) is 36.4 Å². The van der Waals surface area contributed by atoms with E-state index in [-0.39, 0.29) is 24.0 Å². The minimum absolute atomic E-state index is 0.00662. The van der Waals surface area contributed by atoms with Gasteiger partial charge in [-0.05, 0) is 81.5 Å². The summed E-state index contributed by atoms with van der Waals surface area (Å²) in [6.45, 7) is 20.2. The molecule has 0 aromatic carbocycles. The van der Waals surface area contributed by atoms with Crippen molar-refractivity contribution < 1.29 is 19.0 Å². The second-order valence-corrected chi connectivity index (χ2v) is 15.6. The maximum Gasteiger partial charge on any atom is 0.262 e. The summed E-state index contributed by atoms with van der Waals surface area (Å²) in [4.78, 5) is 2.77. The van der Waals surface area contributed by atoms with E-state index >= 15 is 0 Å². The molecule has 5 nitrogen and oxygen atoms in total. The van der Waals surface area contributed by atoms with Gasteiger partial charge in [0.1, 0.15) is 0 Å². The summed E-state index contributed by atoms with van der Waals surface area (Å²) in [6.07, 6.45) is 17.6. The second kappa shape index (κ2) is 21.3. The van der Waals surface area contributed by atoms with Crippen LogP contribution in [0.15, 0.2) is 11.8 Å². The molecule has 3 saturated carbocycles. The van der Waals surface area contributed by atoms with Gasteiger partial charge in [-0.2, -0.15) is 0 Å². The van der Waals surface area contributed by atoms with Crippen molar-refractivity contribution >= 4 is 9.24 Å². The molecule has 12 atom stereocenters. The number of hydrogen-bond donors (Lipinski definition) is 3. The molecule has 3 N–H and O–H groups in total. The second-order valence-electron chi connectivity index (χ2n) is 14.9. The van der Waals surface area contributed by atoms with Crippen molar-refractivity contribution in [2.45, 2.75) is 188 Å². The summed E-state index contributed by atoms with van der Waals surface area (Å²) in [5.74, 6) is 2.20. The van der Waals surface area contributed by atoms with Crippen LogP contribution in [0.25, 0.3) is 0 Å². The van der Waals surface area contributed by atoms with Crippen LogP contribution in [0.2, 0.25) is 0 Å². The van der Waals surface area contributed by atoms with Gasteiger partial charge in [0.2, 0.25) is 0 Å². The minimum Gasteiger partial charge on any atom is -0.400 e. The number of hydrogen-bond acceptors (Lipinski definition) is 5. The maximum absolute atomic E-state index is 14.6. The van der Waals surface area contributed by atoms with Gasteiger partial charge in [0.25, 0.3) is 5.66 Å². The number of hydrazine groups is 1. The Bertz CT molecular complexity index is 915. The number of piperidine rings is 1. The Hall–Kier alpha value is -0.330. The van der Waals surface area contributed by atoms with E-state index in [4.69, 9.17) is 5.11 Å². The smallest absolute Gasteiger partial charge is 0.262 e. The van der Waals surface area contributed by atoms with Crippen LogP contribution in [-0.2, 0) is 0 Å². The Labute approximate surface area is 298 Å². The Balaban J connectivity index is 0.00000126. The van der Waals surface area contributed by atoms with E-state index in [1.54, 1.807) is 0 Å². The van der Waals surface area contributed by atoms with Gasteiger partial charge in [0.15, 0.2) is 0 Å². The number of fused-ring (bicyclic) bond motifs is 1. The van der Waals surface area contributed by atoms with Crippen molar-refractivity contribution in [2.75, 3.05) is 13.7 Å². The number of allylic oxidation sites excluding steroid dienone is 2. The lowest BCUT2D eigenvalue weighted by Gasteiger charge is -2.52. The first kappa shape index (κ1) is 43.8. The first-order valence-corrected chi connectivity index (χ1v) is 21.0. The topological polar surface area (TPSA) is 59.0 Å². The van der Waals surface area contributed by atoms with Crippen molar-refractivity contribution in [2.24, 2.45) is 41.4 Å². The molecule has 48 heavy (non-hydrogen) atoms. The molecular weight excluding hydrogens is 623 g/mol. The number of nitrogens with one attached hydrogen (secondary N) is 1. The maximum atomic E-state index is 14.6. The highest BCUT2D eigenvalue weighted by atomic mass is 31.0. The molecule has 0 aromatic rings. The van der Waals surface area contributed by atoms with Crippen LogP contribution in [0, 0.1) is 41.4 Å². The molecule has 2 heterocycles. The minimum atomic E-state index is -2.69. The van der Waals surface area contributed by atoms with Crippen molar-refractivity contribution in [3.63, 3.8) is 0 Å². The fourth-order valence-corrected chi connectivity index (χ4v) is 11.1. The summed E-state index contributed by atoms with van der Waals surface area (Å²) in [5, 5.41) is 21.1. The molecule has 12 unspecified atom stereocenters. The highest BCUT2D eigenvalue weighted by Gasteiger charge is 2.54. The van der Waals surface area contributed by atoms with E-state index in [0.717, 1.165) is 83.3 Å². The molecule has 2 aliphatic heterocycles. The summed E-state index contributed by atoms with van der Waals surface area (Å²) in [5.41, 5.74) is 2.80. The average molecular weight is 702 g/mol. The fraction of sp³-hybridized carbons (Fsp3) is 0.950. The molecule has 0 radical (unpaired) electrons. The van der Waals surface area contributed by atoms with Gasteiger partial charge in [0, 0.05) is 55.2 Å². The van der Waals surface area contributed by atoms with Gasteiger partial charge in [-0.25, -0.2) is 13.8 Å². The molecule has 0 bridgehead atoms. The normalized spacial score (nSPS) is 37.5. The molecule has 8 heteroatoms. The van der Waals surface area contributed by atoms with E-state index < -0.39 is 11.6 Å². The fourth-order valence-electron chi connectivity index (χ4n) is 10.6. The van der Waals surface area contributed by atoms with E-state index in [2.05, 4.69) is 56.0 Å². The quantitative estimate of drug-likeness (QED) is 0.198. The number of aliphatic hydroxyl groups excluding tert-OH is 2. The third kappa shape index (κ3) is 9.75. The molecule has 284 valence electrons. The summed E-state index contributed by atoms with van der Waals surface area (Å²) < 4.78 is 29.2. The van der Waals surface area contributed by atoms with Crippen LogP contribution in [0.1, 0.15) is 152 Å². The zero-order valence-corrected chi connectivity index (χ0v) is 33.9. The van der Waals surface area contributed by atoms with Crippen LogP contribution < -0.4 is 5.43 Å². The Kier molecular flexibility index (Phi) is 19.4. The number of halogens is 2. The Morgan fingerprint density at radius 3 is 2.06 bits per heavy atom. The highest BCUT2D eigenvalue weighted by Crippen LogP contribution is 2.53. The highest BCUT2D eigenvalue weighted by molar-refractivity contribution is 7.18. The van der Waals surface area contributed by atoms with Gasteiger partial charge in [-0.1, -0.05) is 110 Å². The van der Waals surface area contributed by atoms with Gasteiger partial charge in [0.05, 0.1) is 12.1 Å². The number of alkyl halides is 2. The van der Waals surface area contributed by atoms with Crippen LogP contribution >= 0.6 is 9.24 Å². The average Bonchev–Trinajstić information content (AvgIpc) is 3.42. The Morgan fingerprint density at radius 2 is 1.56 bits per heavy atom. The largest absolute Gasteiger partial charge is 0.400 e. The van der Waals surface area contributed by atoms with E-state index in [1.165, 1.54) is 31.4 Å². The lowest BCUT2D eigenvalue weighted by atomic mass is 9.64. The van der Waals surface area contributed by atoms with Crippen LogP contribution in [0.3, 0.4) is 0 Å². The van der Waals surface area contributed by atoms with E-state index in [1.807, 2.05) is 36.9 Å². The molecule has 2 saturated heterocycles.